The van der Waals surface area contributed by atoms with Crippen molar-refractivity contribution in [2.24, 2.45) is 0 Å². The molecule has 0 saturated heterocycles. The highest BCUT2D eigenvalue weighted by molar-refractivity contribution is 6.20. The predicted molar refractivity (Wildman–Crippen MR) is 73.1 cm³/mol. The van der Waals surface area contributed by atoms with E-state index in [-0.39, 0.29) is 17.3 Å². The van der Waals surface area contributed by atoms with Crippen molar-refractivity contribution in [1.29, 1.82) is 0 Å². The lowest BCUT2D eigenvalue weighted by atomic mass is 10.1. The van der Waals surface area contributed by atoms with Crippen LogP contribution in [0.4, 0.5) is 0 Å². The molecule has 1 aromatic heterocycles. The minimum Gasteiger partial charge on any atom is -0.463 e. The van der Waals surface area contributed by atoms with Crippen LogP contribution in [-0.4, -0.2) is 17.3 Å². The highest BCUT2D eigenvalue weighted by Gasteiger charge is 2.16. The summed E-state index contributed by atoms with van der Waals surface area (Å²) in [6.07, 6.45) is 2.24. The zero-order valence-electron chi connectivity index (χ0n) is 10.4. The van der Waals surface area contributed by atoms with E-state index in [0.29, 0.717) is 5.56 Å². The van der Waals surface area contributed by atoms with Crippen molar-refractivity contribution < 1.29 is 9.21 Å². The van der Waals surface area contributed by atoms with Crippen molar-refractivity contribution in [1.82, 2.24) is 5.32 Å². The maximum atomic E-state index is 12.1. The third kappa shape index (κ3) is 2.85. The van der Waals surface area contributed by atoms with E-state index < -0.39 is 0 Å². The quantitative estimate of drug-likeness (QED) is 0.859. The Morgan fingerprint density at radius 1 is 1.39 bits per heavy atom. The molecule has 1 amide bonds. The summed E-state index contributed by atoms with van der Waals surface area (Å²) in [5.74, 6) is -0.121. The van der Waals surface area contributed by atoms with E-state index in [1.54, 1.807) is 0 Å². The van der Waals surface area contributed by atoms with Gasteiger partial charge in [-0.05, 0) is 26.3 Å². The van der Waals surface area contributed by atoms with E-state index in [9.17, 15) is 4.79 Å². The molecule has 0 saturated carbocycles. The normalized spacial score (nSPS) is 14.4. The van der Waals surface area contributed by atoms with Crippen molar-refractivity contribution in [3.05, 3.63) is 36.1 Å². The summed E-state index contributed by atoms with van der Waals surface area (Å²) in [6, 6.07) is 7.53. The molecule has 0 aliphatic heterocycles. The number of hydrogen-bond donors (Lipinski definition) is 1. The highest BCUT2D eigenvalue weighted by atomic mass is 35.5. The van der Waals surface area contributed by atoms with Crippen molar-refractivity contribution >= 4 is 28.5 Å². The molecule has 0 radical (unpaired) electrons. The Morgan fingerprint density at radius 2 is 2.11 bits per heavy atom. The van der Waals surface area contributed by atoms with E-state index in [0.717, 1.165) is 17.4 Å². The van der Waals surface area contributed by atoms with Crippen LogP contribution in [0.2, 0.25) is 0 Å². The molecule has 2 rings (SSSR count). The number of carbonyl (C=O) groups is 1. The minimum absolute atomic E-state index is 0.0404. The molecule has 96 valence electrons. The molecule has 3 nitrogen and oxygen atoms in total. The molecule has 0 fully saturated rings. The van der Waals surface area contributed by atoms with Crippen LogP contribution in [0.3, 0.4) is 0 Å². The predicted octanol–water partition coefficient (Wildman–Crippen LogP) is 3.57. The summed E-state index contributed by atoms with van der Waals surface area (Å²) in [4.78, 5) is 12.1. The first-order valence-electron chi connectivity index (χ1n) is 5.99. The second-order valence-corrected chi connectivity index (χ2v) is 5.28. The van der Waals surface area contributed by atoms with Crippen LogP contribution in [0.15, 0.2) is 34.9 Å². The molecule has 0 aliphatic carbocycles. The number of alkyl halides is 1. The first-order chi connectivity index (χ1) is 8.58. The van der Waals surface area contributed by atoms with E-state index in [4.69, 9.17) is 16.0 Å². The van der Waals surface area contributed by atoms with Crippen LogP contribution < -0.4 is 5.32 Å². The molecule has 4 heteroatoms. The molecule has 1 aromatic carbocycles. The summed E-state index contributed by atoms with van der Waals surface area (Å²) in [7, 11) is 0. The number of para-hydroxylation sites is 1. The van der Waals surface area contributed by atoms with Crippen molar-refractivity contribution in [3.8, 4) is 0 Å². The van der Waals surface area contributed by atoms with E-state index in [2.05, 4.69) is 5.32 Å². The van der Waals surface area contributed by atoms with Gasteiger partial charge in [0, 0.05) is 16.8 Å². The Labute approximate surface area is 111 Å². The maximum absolute atomic E-state index is 12.1. The standard InChI is InChI=1S/C14H16ClNO2/c1-9(15)7-10(2)16-14(17)12-8-18-13-6-4-3-5-11(12)13/h3-6,8-10H,7H2,1-2H3,(H,16,17). The number of halogens is 1. The summed E-state index contributed by atoms with van der Waals surface area (Å²) in [5.41, 5.74) is 1.29. The van der Waals surface area contributed by atoms with Gasteiger partial charge in [0.2, 0.25) is 0 Å². The van der Waals surface area contributed by atoms with Crippen LogP contribution >= 0.6 is 11.6 Å². The van der Waals surface area contributed by atoms with Gasteiger partial charge in [0.05, 0.1) is 5.56 Å². The van der Waals surface area contributed by atoms with Crippen LogP contribution in [0.5, 0.6) is 0 Å². The van der Waals surface area contributed by atoms with Gasteiger partial charge in [-0.15, -0.1) is 11.6 Å². The van der Waals surface area contributed by atoms with E-state index in [1.165, 1.54) is 6.26 Å². The van der Waals surface area contributed by atoms with Gasteiger partial charge in [-0.3, -0.25) is 4.79 Å². The van der Waals surface area contributed by atoms with Crippen LogP contribution in [0, 0.1) is 0 Å². The molecule has 2 unspecified atom stereocenters. The molecule has 1 heterocycles. The number of amides is 1. The number of furan rings is 1. The fourth-order valence-electron chi connectivity index (χ4n) is 2.00. The number of benzene rings is 1. The summed E-state index contributed by atoms with van der Waals surface area (Å²) in [6.45, 7) is 3.86. The molecule has 18 heavy (non-hydrogen) atoms. The highest BCUT2D eigenvalue weighted by Crippen LogP contribution is 2.20. The van der Waals surface area contributed by atoms with Gasteiger partial charge in [0.15, 0.2) is 0 Å². The van der Waals surface area contributed by atoms with Crippen LogP contribution in [0.1, 0.15) is 30.6 Å². The molecular weight excluding hydrogens is 250 g/mol. The number of fused-ring (bicyclic) bond motifs is 1. The van der Waals surface area contributed by atoms with E-state index in [1.807, 2.05) is 38.1 Å². The fourth-order valence-corrected chi connectivity index (χ4v) is 2.27. The minimum atomic E-state index is -0.121. The molecule has 2 atom stereocenters. The van der Waals surface area contributed by atoms with Gasteiger partial charge in [-0.2, -0.15) is 0 Å². The van der Waals surface area contributed by atoms with Gasteiger partial charge >= 0.3 is 0 Å². The zero-order chi connectivity index (χ0) is 13.1. The van der Waals surface area contributed by atoms with Gasteiger partial charge in [-0.25, -0.2) is 0 Å². The summed E-state index contributed by atoms with van der Waals surface area (Å²) >= 11 is 5.91. The third-order valence-electron chi connectivity index (χ3n) is 2.78. The average molecular weight is 266 g/mol. The van der Waals surface area contributed by atoms with Gasteiger partial charge in [0.25, 0.3) is 5.91 Å². The van der Waals surface area contributed by atoms with Crippen LogP contribution in [-0.2, 0) is 0 Å². The number of rotatable bonds is 4. The number of hydrogen-bond acceptors (Lipinski definition) is 2. The maximum Gasteiger partial charge on any atom is 0.255 e. The van der Waals surface area contributed by atoms with Crippen molar-refractivity contribution in [2.45, 2.75) is 31.7 Å². The smallest absolute Gasteiger partial charge is 0.255 e. The fraction of sp³-hybridized carbons (Fsp3) is 0.357. The lowest BCUT2D eigenvalue weighted by molar-refractivity contribution is 0.0939. The molecule has 1 N–H and O–H groups in total. The first kappa shape index (κ1) is 13.0. The second kappa shape index (κ2) is 5.44. The van der Waals surface area contributed by atoms with Crippen molar-refractivity contribution in [2.75, 3.05) is 0 Å². The van der Waals surface area contributed by atoms with E-state index >= 15 is 0 Å². The zero-order valence-corrected chi connectivity index (χ0v) is 11.2. The monoisotopic (exact) mass is 265 g/mol. The number of nitrogens with one attached hydrogen (secondary N) is 1. The third-order valence-corrected chi connectivity index (χ3v) is 2.96. The Morgan fingerprint density at radius 3 is 2.83 bits per heavy atom. The first-order valence-corrected chi connectivity index (χ1v) is 6.42. The average Bonchev–Trinajstić information content (AvgIpc) is 2.71. The van der Waals surface area contributed by atoms with Gasteiger partial charge in [0.1, 0.15) is 11.8 Å². The molecule has 0 aliphatic rings. The Bertz CT molecular complexity index is 547. The Hall–Kier alpha value is -1.48. The second-order valence-electron chi connectivity index (χ2n) is 4.54. The lowest BCUT2D eigenvalue weighted by Crippen LogP contribution is -2.33. The molecular formula is C14H16ClNO2. The SMILES string of the molecule is CC(Cl)CC(C)NC(=O)c1coc2ccccc12. The Balaban J connectivity index is 2.14. The van der Waals surface area contributed by atoms with Gasteiger partial charge < -0.3 is 9.73 Å². The largest absolute Gasteiger partial charge is 0.463 e. The summed E-state index contributed by atoms with van der Waals surface area (Å²) in [5, 5.41) is 3.80. The van der Waals surface area contributed by atoms with Gasteiger partial charge in [-0.1, -0.05) is 18.2 Å². The Kier molecular flexibility index (Phi) is 3.92. The summed E-state index contributed by atoms with van der Waals surface area (Å²) < 4.78 is 5.35. The van der Waals surface area contributed by atoms with Crippen LogP contribution in [0.25, 0.3) is 11.0 Å². The molecule has 2 aromatic rings. The lowest BCUT2D eigenvalue weighted by Gasteiger charge is -2.14. The van der Waals surface area contributed by atoms with Crippen molar-refractivity contribution in [3.63, 3.8) is 0 Å². The number of carbonyl (C=O) groups excluding carboxylic acids is 1. The topological polar surface area (TPSA) is 42.2 Å². The molecule has 0 spiro atoms. The molecule has 0 bridgehead atoms.